The van der Waals surface area contributed by atoms with E-state index in [0.717, 1.165) is 37.1 Å². The molecule has 1 aromatic carbocycles. The van der Waals surface area contributed by atoms with Crippen LogP contribution in [0.1, 0.15) is 42.8 Å². The van der Waals surface area contributed by atoms with Gasteiger partial charge < -0.3 is 5.32 Å². The van der Waals surface area contributed by atoms with Crippen LogP contribution in [-0.2, 0) is 17.8 Å². The van der Waals surface area contributed by atoms with E-state index in [9.17, 15) is 10.1 Å². The molecule has 1 N–H and O–H groups in total. The van der Waals surface area contributed by atoms with Gasteiger partial charge in [0.05, 0.1) is 11.7 Å². The number of hydrogen-bond acceptors (Lipinski definition) is 3. The molecule has 1 aliphatic rings. The molecule has 0 bridgehead atoms. The molecule has 0 fully saturated rings. The highest BCUT2D eigenvalue weighted by molar-refractivity contribution is 6.01. The lowest BCUT2D eigenvalue weighted by atomic mass is 10.0. The first-order valence-corrected chi connectivity index (χ1v) is 8.25. The lowest BCUT2D eigenvalue weighted by Crippen LogP contribution is -2.29. The van der Waals surface area contributed by atoms with Gasteiger partial charge in [0, 0.05) is 12.2 Å². The van der Waals surface area contributed by atoms with Crippen LogP contribution in [0.3, 0.4) is 0 Å². The van der Waals surface area contributed by atoms with E-state index in [4.69, 9.17) is 0 Å². The molecular formula is C19H20N4O. The predicted octanol–water partition coefficient (Wildman–Crippen LogP) is 3.00. The summed E-state index contributed by atoms with van der Waals surface area (Å²) in [5.41, 5.74) is 2.95. The van der Waals surface area contributed by atoms with Gasteiger partial charge in [0.2, 0.25) is 0 Å². The van der Waals surface area contributed by atoms with Crippen LogP contribution in [0, 0.1) is 11.3 Å². The molecule has 5 nitrogen and oxygen atoms in total. The summed E-state index contributed by atoms with van der Waals surface area (Å²) in [5.74, 6) is -0.360. The number of hydrogen-bond donors (Lipinski definition) is 1. The smallest absolute Gasteiger partial charge is 0.262 e. The Balaban J connectivity index is 1.76. The number of nitriles is 1. The van der Waals surface area contributed by atoms with Crippen molar-refractivity contribution in [3.05, 3.63) is 58.9 Å². The zero-order valence-electron chi connectivity index (χ0n) is 13.7. The number of aryl methyl sites for hydroxylation is 2. The number of nitrogens with zero attached hydrogens (tertiary/aromatic N) is 3. The van der Waals surface area contributed by atoms with Crippen LogP contribution in [0.5, 0.6) is 0 Å². The van der Waals surface area contributed by atoms with E-state index in [0.29, 0.717) is 5.69 Å². The van der Waals surface area contributed by atoms with Gasteiger partial charge in [0.15, 0.2) is 0 Å². The Morgan fingerprint density at radius 1 is 1.46 bits per heavy atom. The monoisotopic (exact) mass is 320 g/mol. The molecule has 0 saturated heterocycles. The lowest BCUT2D eigenvalue weighted by Gasteiger charge is -2.17. The zero-order valence-corrected chi connectivity index (χ0v) is 13.7. The minimum atomic E-state index is -0.360. The van der Waals surface area contributed by atoms with Crippen LogP contribution < -0.4 is 5.32 Å². The van der Waals surface area contributed by atoms with Crippen molar-refractivity contribution >= 4 is 12.0 Å². The van der Waals surface area contributed by atoms with Crippen LogP contribution in [0.15, 0.2) is 42.0 Å². The molecule has 1 aromatic heterocycles. The van der Waals surface area contributed by atoms with Gasteiger partial charge in [-0.1, -0.05) is 37.3 Å². The van der Waals surface area contributed by atoms with E-state index in [1.54, 1.807) is 6.08 Å². The fraction of sp³-hybridized carbons (Fsp3) is 0.316. The number of rotatable bonds is 5. The third-order valence-corrected chi connectivity index (χ3v) is 4.26. The average molecular weight is 320 g/mol. The van der Waals surface area contributed by atoms with Crippen molar-refractivity contribution in [3.8, 4) is 6.07 Å². The van der Waals surface area contributed by atoms with E-state index in [1.165, 1.54) is 0 Å². The Morgan fingerprint density at radius 2 is 2.25 bits per heavy atom. The van der Waals surface area contributed by atoms with E-state index in [1.807, 2.05) is 54.1 Å². The second-order valence-electron chi connectivity index (χ2n) is 5.90. The number of aromatic nitrogens is 2. The van der Waals surface area contributed by atoms with Gasteiger partial charge in [0.1, 0.15) is 11.6 Å². The van der Waals surface area contributed by atoms with Gasteiger partial charge >= 0.3 is 0 Å². The Bertz CT molecular complexity index is 777. The van der Waals surface area contributed by atoms with Crippen LogP contribution in [0.4, 0.5) is 0 Å². The minimum absolute atomic E-state index is 0.0844. The van der Waals surface area contributed by atoms with Crippen molar-refractivity contribution < 1.29 is 4.79 Å². The van der Waals surface area contributed by atoms with E-state index >= 15 is 0 Å². The molecule has 0 radical (unpaired) electrons. The fourth-order valence-corrected chi connectivity index (χ4v) is 2.99. The number of benzene rings is 1. The van der Waals surface area contributed by atoms with Gasteiger partial charge in [-0.15, -0.1) is 0 Å². The van der Waals surface area contributed by atoms with Crippen molar-refractivity contribution in [2.24, 2.45) is 0 Å². The van der Waals surface area contributed by atoms with Crippen molar-refractivity contribution in [2.45, 2.75) is 38.8 Å². The van der Waals surface area contributed by atoms with Gasteiger partial charge in [0.25, 0.3) is 5.91 Å². The second kappa shape index (κ2) is 7.14. The first-order valence-electron chi connectivity index (χ1n) is 8.25. The molecule has 0 aliphatic carbocycles. The van der Waals surface area contributed by atoms with Gasteiger partial charge in [-0.3, -0.25) is 9.48 Å². The summed E-state index contributed by atoms with van der Waals surface area (Å²) in [6, 6.07) is 13.6. The van der Waals surface area contributed by atoms with Crippen molar-refractivity contribution in [2.75, 3.05) is 0 Å². The summed E-state index contributed by atoms with van der Waals surface area (Å²) >= 11 is 0. The van der Waals surface area contributed by atoms with Gasteiger partial charge in [-0.2, -0.15) is 10.4 Å². The Kier molecular flexibility index (Phi) is 4.76. The summed E-state index contributed by atoms with van der Waals surface area (Å²) in [7, 11) is 0. The fourth-order valence-electron chi connectivity index (χ4n) is 2.99. The first-order chi connectivity index (χ1) is 11.7. The normalized spacial score (nSPS) is 14.8. The van der Waals surface area contributed by atoms with Crippen LogP contribution >= 0.6 is 0 Å². The van der Waals surface area contributed by atoms with E-state index in [2.05, 4.69) is 10.4 Å². The summed E-state index contributed by atoms with van der Waals surface area (Å²) in [4.78, 5) is 12.5. The molecule has 1 aliphatic heterocycles. The minimum Gasteiger partial charge on any atom is -0.345 e. The lowest BCUT2D eigenvalue weighted by molar-refractivity contribution is -0.117. The topological polar surface area (TPSA) is 70.7 Å². The molecule has 3 rings (SSSR count). The molecule has 2 aromatic rings. The molecule has 24 heavy (non-hydrogen) atoms. The molecular weight excluding hydrogens is 300 g/mol. The molecule has 0 saturated carbocycles. The Hall–Kier alpha value is -2.87. The number of fused-ring (bicyclic) bond motifs is 1. The maximum Gasteiger partial charge on any atom is 0.262 e. The highest BCUT2D eigenvalue weighted by Crippen LogP contribution is 2.19. The number of amides is 1. The molecule has 1 atom stereocenters. The van der Waals surface area contributed by atoms with Crippen LogP contribution in [0.2, 0.25) is 0 Å². The van der Waals surface area contributed by atoms with Crippen molar-refractivity contribution in [1.82, 2.24) is 15.1 Å². The molecule has 2 heterocycles. The number of carbonyl (C=O) groups excluding carboxylic acids is 1. The van der Waals surface area contributed by atoms with E-state index in [-0.39, 0.29) is 17.5 Å². The average Bonchev–Trinajstić information content (AvgIpc) is 3.19. The maximum absolute atomic E-state index is 12.5. The number of carbonyl (C=O) groups is 1. The van der Waals surface area contributed by atoms with Crippen molar-refractivity contribution in [1.29, 1.82) is 5.26 Å². The Labute approximate surface area is 141 Å². The molecule has 1 unspecified atom stereocenters. The third kappa shape index (κ3) is 3.38. The standard InChI is InChI=1S/C19H20N4O/c1-2-18(14-7-4-3-5-8-14)21-19(24)15(13-20)11-16-12-17-9-6-10-23(17)22-16/h3-5,7-8,11-12,18H,2,6,9-10H2,1H3,(H,21,24)/b15-11-. The molecule has 5 heteroatoms. The summed E-state index contributed by atoms with van der Waals surface area (Å²) in [5, 5.41) is 16.7. The Morgan fingerprint density at radius 3 is 2.92 bits per heavy atom. The van der Waals surface area contributed by atoms with Gasteiger partial charge in [-0.05, 0) is 37.0 Å². The molecule has 122 valence electrons. The van der Waals surface area contributed by atoms with Crippen molar-refractivity contribution in [3.63, 3.8) is 0 Å². The second-order valence-corrected chi connectivity index (χ2v) is 5.90. The SMILES string of the molecule is CCC(NC(=O)/C(C#N)=C\c1cc2n(n1)CCC2)c1ccccc1. The molecule has 1 amide bonds. The predicted molar refractivity (Wildman–Crippen MR) is 91.8 cm³/mol. The number of nitrogens with one attached hydrogen (secondary N) is 1. The highest BCUT2D eigenvalue weighted by atomic mass is 16.1. The zero-order chi connectivity index (χ0) is 16.9. The summed E-state index contributed by atoms with van der Waals surface area (Å²) < 4.78 is 1.94. The summed E-state index contributed by atoms with van der Waals surface area (Å²) in [6.07, 6.45) is 4.43. The summed E-state index contributed by atoms with van der Waals surface area (Å²) in [6.45, 7) is 2.91. The molecule has 0 spiro atoms. The maximum atomic E-state index is 12.5. The van der Waals surface area contributed by atoms with Crippen LogP contribution in [0.25, 0.3) is 6.08 Å². The highest BCUT2D eigenvalue weighted by Gasteiger charge is 2.18. The van der Waals surface area contributed by atoms with E-state index < -0.39 is 0 Å². The van der Waals surface area contributed by atoms with Crippen LogP contribution in [-0.4, -0.2) is 15.7 Å². The largest absolute Gasteiger partial charge is 0.345 e. The third-order valence-electron chi connectivity index (χ3n) is 4.26. The first kappa shape index (κ1) is 16.0. The van der Waals surface area contributed by atoms with Gasteiger partial charge in [-0.25, -0.2) is 0 Å². The quantitative estimate of drug-likeness (QED) is 0.680.